The first kappa shape index (κ1) is 25.3. The molecule has 3 atom stereocenters. The summed E-state index contributed by atoms with van der Waals surface area (Å²) in [5, 5.41) is 11.5. The zero-order valence-electron chi connectivity index (χ0n) is 19.2. The predicted octanol–water partition coefficient (Wildman–Crippen LogP) is 2.84. The summed E-state index contributed by atoms with van der Waals surface area (Å²) in [6.45, 7) is 4.96. The lowest BCUT2D eigenvalue weighted by atomic mass is 9.73. The number of thioether (sulfide) groups is 1. The number of hydrogen-bond donors (Lipinski definition) is 3. The van der Waals surface area contributed by atoms with Gasteiger partial charge in [-0.2, -0.15) is 0 Å². The molecular weight excluding hydrogens is 460 g/mol. The molecule has 0 saturated heterocycles. The van der Waals surface area contributed by atoms with Gasteiger partial charge in [0.05, 0.1) is 17.9 Å². The van der Waals surface area contributed by atoms with Gasteiger partial charge in [-0.05, 0) is 43.5 Å². The number of benzene rings is 1. The lowest BCUT2D eigenvalue weighted by Crippen LogP contribution is -2.55. The predicted molar refractivity (Wildman–Crippen MR) is 130 cm³/mol. The largest absolute Gasteiger partial charge is 0.384 e. The van der Waals surface area contributed by atoms with Gasteiger partial charge in [0.15, 0.2) is 11.0 Å². The van der Waals surface area contributed by atoms with Gasteiger partial charge in [0, 0.05) is 18.5 Å². The van der Waals surface area contributed by atoms with E-state index in [1.54, 1.807) is 13.8 Å². The van der Waals surface area contributed by atoms with Crippen LogP contribution in [-0.2, 0) is 10.3 Å². The SMILES string of the molecule is CNC(=O)[C@@]1(C)SC(N)=N[C@](C)(c2cc(/C=C(\F)c3cnc(C#CCO)cn3)ccc2F)[C@@H]1C. The van der Waals surface area contributed by atoms with Gasteiger partial charge < -0.3 is 16.2 Å². The lowest BCUT2D eigenvalue weighted by molar-refractivity contribution is -0.124. The van der Waals surface area contributed by atoms with Crippen molar-refractivity contribution in [1.82, 2.24) is 15.3 Å². The molecule has 0 unspecified atom stereocenters. The van der Waals surface area contributed by atoms with Crippen LogP contribution in [0.4, 0.5) is 8.78 Å². The molecular formula is C24H25F2N5O2S. The molecule has 1 aliphatic heterocycles. The maximum Gasteiger partial charge on any atom is 0.236 e. The van der Waals surface area contributed by atoms with Crippen LogP contribution in [0.2, 0.25) is 0 Å². The molecule has 1 aromatic carbocycles. The smallest absolute Gasteiger partial charge is 0.236 e. The topological polar surface area (TPSA) is 113 Å². The minimum atomic E-state index is -1.17. The van der Waals surface area contributed by atoms with Crippen molar-refractivity contribution in [2.24, 2.45) is 16.6 Å². The van der Waals surface area contributed by atoms with Crippen LogP contribution in [0.15, 0.2) is 35.6 Å². The number of halogens is 2. The Labute approximate surface area is 201 Å². The zero-order chi connectivity index (χ0) is 25.1. The third kappa shape index (κ3) is 4.81. The second-order valence-electron chi connectivity index (χ2n) is 8.09. The Morgan fingerprint density at radius 3 is 2.71 bits per heavy atom. The fourth-order valence-corrected chi connectivity index (χ4v) is 5.13. The molecule has 0 bridgehead atoms. The third-order valence-electron chi connectivity index (χ3n) is 6.03. The van der Waals surface area contributed by atoms with Crippen molar-refractivity contribution in [2.45, 2.75) is 31.1 Å². The van der Waals surface area contributed by atoms with Gasteiger partial charge >= 0.3 is 0 Å². The van der Waals surface area contributed by atoms with Crippen LogP contribution >= 0.6 is 11.8 Å². The van der Waals surface area contributed by atoms with E-state index in [2.05, 4.69) is 32.1 Å². The molecule has 10 heteroatoms. The van der Waals surface area contributed by atoms with Crippen molar-refractivity contribution in [1.29, 1.82) is 0 Å². The molecule has 0 fully saturated rings. The highest BCUT2D eigenvalue weighted by Gasteiger charge is 2.53. The molecule has 0 aliphatic carbocycles. The van der Waals surface area contributed by atoms with Gasteiger partial charge in [-0.25, -0.2) is 18.7 Å². The van der Waals surface area contributed by atoms with Crippen molar-refractivity contribution in [3.63, 3.8) is 0 Å². The third-order valence-corrected chi connectivity index (χ3v) is 7.29. The van der Waals surface area contributed by atoms with Crippen LogP contribution in [-0.4, -0.2) is 44.6 Å². The second-order valence-corrected chi connectivity index (χ2v) is 9.56. The van der Waals surface area contributed by atoms with Crippen LogP contribution in [0.3, 0.4) is 0 Å². The highest BCUT2D eigenvalue weighted by molar-refractivity contribution is 8.15. The molecule has 34 heavy (non-hydrogen) atoms. The molecule has 2 aromatic rings. The number of aliphatic imine (C=N–C) groups is 1. The van der Waals surface area contributed by atoms with Crippen molar-refractivity contribution in [3.05, 3.63) is 58.9 Å². The van der Waals surface area contributed by atoms with E-state index in [-0.39, 0.29) is 28.9 Å². The van der Waals surface area contributed by atoms with Crippen LogP contribution in [0.1, 0.15) is 43.3 Å². The number of nitrogens with one attached hydrogen (secondary N) is 1. The molecule has 0 spiro atoms. The first-order chi connectivity index (χ1) is 16.0. The molecule has 7 nitrogen and oxygen atoms in total. The number of nitrogens with zero attached hydrogens (tertiary/aromatic N) is 3. The number of aliphatic hydroxyl groups excluding tert-OH is 1. The number of amidine groups is 1. The molecule has 1 amide bonds. The van der Waals surface area contributed by atoms with Crippen molar-refractivity contribution >= 4 is 34.7 Å². The summed E-state index contributed by atoms with van der Waals surface area (Å²) in [6, 6.07) is 4.16. The number of nitrogens with two attached hydrogens (primary N) is 1. The second kappa shape index (κ2) is 9.91. The number of amides is 1. The average Bonchev–Trinajstić information content (AvgIpc) is 2.82. The molecule has 0 radical (unpaired) electrons. The minimum Gasteiger partial charge on any atom is -0.384 e. The Balaban J connectivity index is 2.02. The number of hydrogen-bond acceptors (Lipinski definition) is 7. The number of carbonyl (C=O) groups excluding carboxylic acids is 1. The van der Waals surface area contributed by atoms with Gasteiger partial charge in [0.2, 0.25) is 5.91 Å². The van der Waals surface area contributed by atoms with E-state index in [4.69, 9.17) is 10.8 Å². The maximum absolute atomic E-state index is 15.1. The van der Waals surface area contributed by atoms with E-state index in [1.165, 1.54) is 43.7 Å². The average molecular weight is 486 g/mol. The van der Waals surface area contributed by atoms with E-state index in [0.717, 1.165) is 11.8 Å². The van der Waals surface area contributed by atoms with Crippen LogP contribution in [0.25, 0.3) is 11.9 Å². The van der Waals surface area contributed by atoms with E-state index in [1.807, 2.05) is 6.92 Å². The van der Waals surface area contributed by atoms with Gasteiger partial charge in [-0.3, -0.25) is 9.79 Å². The molecule has 178 valence electrons. The molecule has 1 aromatic heterocycles. The molecule has 0 saturated carbocycles. The van der Waals surface area contributed by atoms with Gasteiger partial charge in [0.25, 0.3) is 0 Å². The van der Waals surface area contributed by atoms with Crippen molar-refractivity contribution in [2.75, 3.05) is 13.7 Å². The fourth-order valence-electron chi connectivity index (χ4n) is 3.86. The Bertz CT molecular complexity index is 1220. The van der Waals surface area contributed by atoms with Crippen molar-refractivity contribution < 1.29 is 18.7 Å². The molecule has 2 heterocycles. The van der Waals surface area contributed by atoms with Gasteiger partial charge in [-0.1, -0.05) is 30.7 Å². The maximum atomic E-state index is 15.1. The summed E-state index contributed by atoms with van der Waals surface area (Å²) in [5.41, 5.74) is 5.73. The Kier molecular flexibility index (Phi) is 7.38. The van der Waals surface area contributed by atoms with Crippen LogP contribution < -0.4 is 11.1 Å². The zero-order valence-corrected chi connectivity index (χ0v) is 20.0. The highest BCUT2D eigenvalue weighted by Crippen LogP contribution is 2.50. The summed E-state index contributed by atoms with van der Waals surface area (Å²) < 4.78 is 28.9. The lowest BCUT2D eigenvalue weighted by Gasteiger charge is -2.46. The van der Waals surface area contributed by atoms with E-state index >= 15 is 4.39 Å². The Morgan fingerprint density at radius 1 is 1.35 bits per heavy atom. The minimum absolute atomic E-state index is 0.0245. The number of aliphatic hydroxyl groups is 1. The Morgan fingerprint density at radius 2 is 2.09 bits per heavy atom. The van der Waals surface area contributed by atoms with E-state index in [0.29, 0.717) is 11.3 Å². The van der Waals surface area contributed by atoms with E-state index in [9.17, 15) is 9.18 Å². The summed E-state index contributed by atoms with van der Waals surface area (Å²) in [5.74, 6) is 3.10. The molecule has 1 aliphatic rings. The monoisotopic (exact) mass is 485 g/mol. The summed E-state index contributed by atoms with van der Waals surface area (Å²) in [4.78, 5) is 25.2. The van der Waals surface area contributed by atoms with Crippen LogP contribution in [0.5, 0.6) is 0 Å². The molecule has 3 rings (SSSR count). The molecule has 4 N–H and O–H groups in total. The summed E-state index contributed by atoms with van der Waals surface area (Å²) >= 11 is 1.13. The Hall–Kier alpha value is -3.29. The van der Waals surface area contributed by atoms with E-state index < -0.39 is 27.8 Å². The number of carbonyl (C=O) groups is 1. The number of aromatic nitrogens is 2. The summed E-state index contributed by atoms with van der Waals surface area (Å²) in [6.07, 6.45) is 3.73. The van der Waals surface area contributed by atoms with Gasteiger partial charge in [-0.15, -0.1) is 0 Å². The first-order valence-corrected chi connectivity index (χ1v) is 11.2. The summed E-state index contributed by atoms with van der Waals surface area (Å²) in [7, 11) is 1.53. The standard InChI is InChI=1S/C24H25F2N5O2S/c1-14-23(2,31-22(27)34-24(14,3)21(33)28-4)17-10-15(7-8-18(17)25)11-19(26)20-13-29-16(12-30-20)6-5-9-32/h7-8,10-14,32H,9H2,1-4H3,(H2,27,31)(H,28,33)/b19-11-/t14-,23-,24-/m0/s1. The highest BCUT2D eigenvalue weighted by atomic mass is 32.2. The first-order valence-electron chi connectivity index (χ1n) is 10.4. The van der Waals surface area contributed by atoms with Gasteiger partial charge in [0.1, 0.15) is 28.6 Å². The van der Waals surface area contributed by atoms with Crippen LogP contribution in [0, 0.1) is 23.6 Å². The normalized spacial score (nSPS) is 24.6. The quantitative estimate of drug-likeness (QED) is 0.574. The fraction of sp³-hybridized carbons (Fsp3) is 0.333. The van der Waals surface area contributed by atoms with Crippen molar-refractivity contribution in [3.8, 4) is 11.8 Å². The number of rotatable bonds is 4.